The molecular weight excluding hydrogens is 368 g/mol. The number of rotatable bonds is 3. The van der Waals surface area contributed by atoms with Gasteiger partial charge < -0.3 is 19.1 Å². The summed E-state index contributed by atoms with van der Waals surface area (Å²) in [6.07, 6.45) is 3.65. The number of ether oxygens (including phenoxy) is 1. The zero-order chi connectivity index (χ0) is 20.0. The van der Waals surface area contributed by atoms with Crippen LogP contribution in [0.4, 0.5) is 5.82 Å². The van der Waals surface area contributed by atoms with Crippen molar-refractivity contribution in [3.8, 4) is 22.6 Å². The van der Waals surface area contributed by atoms with Crippen LogP contribution < -0.4 is 4.90 Å². The summed E-state index contributed by atoms with van der Waals surface area (Å²) in [7, 11) is 0. The third-order valence-corrected chi connectivity index (χ3v) is 5.37. The Morgan fingerprint density at radius 1 is 1.21 bits per heavy atom. The Hall–Kier alpha value is -3.26. The number of anilines is 1. The zero-order valence-corrected chi connectivity index (χ0v) is 16.6. The van der Waals surface area contributed by atoms with Gasteiger partial charge in [-0.25, -0.2) is 15.0 Å². The van der Waals surface area contributed by atoms with Crippen LogP contribution in [0, 0.1) is 13.8 Å². The van der Waals surface area contributed by atoms with E-state index in [-0.39, 0.29) is 6.04 Å². The Labute approximate surface area is 167 Å². The summed E-state index contributed by atoms with van der Waals surface area (Å²) in [5, 5.41) is 5.10. The number of H-pyrrole nitrogens is 1. The quantitative estimate of drug-likeness (QED) is 0.572. The molecule has 4 aromatic rings. The van der Waals surface area contributed by atoms with Crippen molar-refractivity contribution >= 4 is 16.9 Å². The predicted octanol–water partition coefficient (Wildman–Crippen LogP) is 3.52. The molecule has 1 unspecified atom stereocenters. The first-order chi connectivity index (χ1) is 14.1. The van der Waals surface area contributed by atoms with Crippen LogP contribution in [-0.2, 0) is 4.74 Å². The minimum atomic E-state index is 0.230. The maximum atomic E-state index is 5.61. The number of aryl methyl sites for hydroxylation is 2. The summed E-state index contributed by atoms with van der Waals surface area (Å²) in [6, 6.07) is 6.21. The second-order valence-electron chi connectivity index (χ2n) is 7.35. The van der Waals surface area contributed by atoms with Gasteiger partial charge in [0.15, 0.2) is 5.82 Å². The fourth-order valence-corrected chi connectivity index (χ4v) is 3.90. The minimum absolute atomic E-state index is 0.230. The molecule has 0 amide bonds. The van der Waals surface area contributed by atoms with Crippen LogP contribution in [0.2, 0.25) is 0 Å². The summed E-state index contributed by atoms with van der Waals surface area (Å²) in [5.41, 5.74) is 4.28. The van der Waals surface area contributed by atoms with Crippen LogP contribution >= 0.6 is 0 Å². The van der Waals surface area contributed by atoms with Crippen LogP contribution in [0.25, 0.3) is 33.7 Å². The van der Waals surface area contributed by atoms with Crippen molar-refractivity contribution in [2.75, 3.05) is 24.7 Å². The van der Waals surface area contributed by atoms with E-state index in [4.69, 9.17) is 19.2 Å². The normalized spacial score (nSPS) is 17.2. The largest absolute Gasteiger partial charge is 0.377 e. The molecule has 148 valence electrons. The molecule has 5 rings (SSSR count). The Morgan fingerprint density at radius 2 is 2.10 bits per heavy atom. The molecule has 4 aromatic heterocycles. The van der Waals surface area contributed by atoms with Crippen LogP contribution in [0.15, 0.2) is 35.1 Å². The molecular formula is C21H22N6O2. The molecule has 1 atom stereocenters. The van der Waals surface area contributed by atoms with Gasteiger partial charge in [-0.3, -0.25) is 0 Å². The van der Waals surface area contributed by atoms with Crippen molar-refractivity contribution in [2.24, 2.45) is 0 Å². The number of fused-ring (bicyclic) bond motifs is 1. The van der Waals surface area contributed by atoms with Crippen LogP contribution in [0.1, 0.15) is 18.4 Å². The van der Waals surface area contributed by atoms with Gasteiger partial charge in [0.1, 0.15) is 17.2 Å². The second-order valence-corrected chi connectivity index (χ2v) is 7.35. The highest BCUT2D eigenvalue weighted by Gasteiger charge is 2.24. The first kappa shape index (κ1) is 17.8. The first-order valence-electron chi connectivity index (χ1n) is 9.71. The van der Waals surface area contributed by atoms with Gasteiger partial charge in [-0.15, -0.1) is 0 Å². The standard InChI is InChI=1S/C21H22N6O2/c1-12-11-28-9-8-27(12)18-10-17(19-13(2)26-29-14(19)3)24-21(25-18)16-5-7-23-20-15(16)4-6-22-20/h4-7,10,12H,8-9,11H2,1-3H3,(H,22,23). The molecule has 8 heteroatoms. The molecule has 0 aliphatic carbocycles. The van der Waals surface area contributed by atoms with E-state index in [9.17, 15) is 0 Å². The van der Waals surface area contributed by atoms with E-state index in [1.54, 1.807) is 6.20 Å². The van der Waals surface area contributed by atoms with Gasteiger partial charge in [-0.1, -0.05) is 5.16 Å². The monoisotopic (exact) mass is 390 g/mol. The number of hydrogen-bond acceptors (Lipinski definition) is 7. The van der Waals surface area contributed by atoms with Gasteiger partial charge in [-0.2, -0.15) is 0 Å². The fraction of sp³-hybridized carbons (Fsp3) is 0.333. The van der Waals surface area contributed by atoms with Crippen LogP contribution in [-0.4, -0.2) is 50.9 Å². The fourth-order valence-electron chi connectivity index (χ4n) is 3.90. The Kier molecular flexibility index (Phi) is 4.28. The molecule has 1 aliphatic heterocycles. The summed E-state index contributed by atoms with van der Waals surface area (Å²) in [4.78, 5) is 19.7. The summed E-state index contributed by atoms with van der Waals surface area (Å²) in [6.45, 7) is 8.13. The number of hydrogen-bond donors (Lipinski definition) is 1. The molecule has 0 spiro atoms. The highest BCUT2D eigenvalue weighted by atomic mass is 16.5. The maximum absolute atomic E-state index is 5.61. The average molecular weight is 390 g/mol. The number of aromatic nitrogens is 5. The molecule has 1 saturated heterocycles. The molecule has 1 aliphatic rings. The topological polar surface area (TPSA) is 93.0 Å². The number of nitrogens with zero attached hydrogens (tertiary/aromatic N) is 5. The highest BCUT2D eigenvalue weighted by Crippen LogP contribution is 2.33. The van der Waals surface area contributed by atoms with Gasteiger partial charge in [0.05, 0.1) is 36.2 Å². The Morgan fingerprint density at radius 3 is 2.90 bits per heavy atom. The van der Waals surface area contributed by atoms with E-state index < -0.39 is 0 Å². The smallest absolute Gasteiger partial charge is 0.162 e. The highest BCUT2D eigenvalue weighted by molar-refractivity contribution is 5.91. The number of aromatic amines is 1. The van der Waals surface area contributed by atoms with Gasteiger partial charge in [0.2, 0.25) is 0 Å². The molecule has 5 heterocycles. The van der Waals surface area contributed by atoms with E-state index in [0.29, 0.717) is 19.0 Å². The van der Waals surface area contributed by atoms with Crippen molar-refractivity contribution < 1.29 is 9.26 Å². The summed E-state index contributed by atoms with van der Waals surface area (Å²) >= 11 is 0. The van der Waals surface area contributed by atoms with Crippen molar-refractivity contribution in [3.63, 3.8) is 0 Å². The molecule has 1 fully saturated rings. The molecule has 0 bridgehead atoms. The lowest BCUT2D eigenvalue weighted by atomic mass is 10.1. The van der Waals surface area contributed by atoms with Gasteiger partial charge >= 0.3 is 0 Å². The van der Waals surface area contributed by atoms with E-state index in [1.165, 1.54) is 0 Å². The summed E-state index contributed by atoms with van der Waals surface area (Å²) in [5.74, 6) is 2.28. The molecule has 0 saturated carbocycles. The number of morpholine rings is 1. The maximum Gasteiger partial charge on any atom is 0.162 e. The third kappa shape index (κ3) is 3.05. The van der Waals surface area contributed by atoms with E-state index in [1.807, 2.05) is 38.2 Å². The van der Waals surface area contributed by atoms with E-state index >= 15 is 0 Å². The molecule has 0 radical (unpaired) electrons. The minimum Gasteiger partial charge on any atom is -0.377 e. The first-order valence-corrected chi connectivity index (χ1v) is 9.71. The van der Waals surface area contributed by atoms with Crippen LogP contribution in [0.5, 0.6) is 0 Å². The molecule has 8 nitrogen and oxygen atoms in total. The lowest BCUT2D eigenvalue weighted by Gasteiger charge is -2.34. The van der Waals surface area contributed by atoms with Crippen LogP contribution in [0.3, 0.4) is 0 Å². The SMILES string of the molecule is Cc1noc(C)c1-c1cc(N2CCOCC2C)nc(-c2ccnc3[nH]ccc23)n1. The summed E-state index contributed by atoms with van der Waals surface area (Å²) < 4.78 is 11.0. The van der Waals surface area contributed by atoms with E-state index in [0.717, 1.165) is 51.7 Å². The van der Waals surface area contributed by atoms with Gasteiger partial charge in [0.25, 0.3) is 0 Å². The van der Waals surface area contributed by atoms with Gasteiger partial charge in [-0.05, 0) is 32.9 Å². The van der Waals surface area contributed by atoms with Crippen molar-refractivity contribution in [1.82, 2.24) is 25.1 Å². The average Bonchev–Trinajstić information content (AvgIpc) is 3.34. The van der Waals surface area contributed by atoms with Crippen molar-refractivity contribution in [2.45, 2.75) is 26.8 Å². The van der Waals surface area contributed by atoms with E-state index in [2.05, 4.69) is 26.9 Å². The van der Waals surface area contributed by atoms with Crippen molar-refractivity contribution in [1.29, 1.82) is 0 Å². The number of nitrogens with one attached hydrogen (secondary N) is 1. The zero-order valence-electron chi connectivity index (χ0n) is 16.6. The molecule has 29 heavy (non-hydrogen) atoms. The Balaban J connectivity index is 1.73. The van der Waals surface area contributed by atoms with Gasteiger partial charge in [0, 0.05) is 36.0 Å². The number of pyridine rings is 1. The lowest BCUT2D eigenvalue weighted by molar-refractivity contribution is 0.0985. The van der Waals surface area contributed by atoms with Crippen molar-refractivity contribution in [3.05, 3.63) is 42.0 Å². The Bertz CT molecular complexity index is 1160. The predicted molar refractivity (Wildman–Crippen MR) is 110 cm³/mol. The molecule has 1 N–H and O–H groups in total. The second kappa shape index (κ2) is 6.97. The lowest BCUT2D eigenvalue weighted by Crippen LogP contribution is -2.44. The molecule has 0 aromatic carbocycles. The third-order valence-electron chi connectivity index (χ3n) is 5.37.